The number of nitrogens with zero attached hydrogens (tertiary/aromatic N) is 6. The number of rotatable bonds is 7. The number of Topliss-reactive ketones (excluding diaryl/α,β-unsaturated/α-hetero) is 1. The molecule has 232 valence electrons. The SMILES string of the molecule is CC(=O)[C@@H](OC(C)(C)C)c1c(C)cc2nc(-c3ccnc(-c4cnc(N5CCN(C)CC5)nc4)c3)sc2c1-c1ccc(Cl)cc1. The zero-order valence-corrected chi connectivity index (χ0v) is 28.0. The number of piperazine rings is 1. The van der Waals surface area contributed by atoms with Crippen molar-refractivity contribution in [1.29, 1.82) is 0 Å². The third kappa shape index (κ3) is 6.77. The van der Waals surface area contributed by atoms with Crippen LogP contribution in [0.1, 0.15) is 44.9 Å². The zero-order chi connectivity index (χ0) is 31.9. The maximum absolute atomic E-state index is 13.1. The normalized spacial score (nSPS) is 15.0. The summed E-state index contributed by atoms with van der Waals surface area (Å²) in [6, 6.07) is 13.8. The molecular weight excluding hydrogens is 604 g/mol. The van der Waals surface area contributed by atoms with Crippen molar-refractivity contribution >= 4 is 44.9 Å². The third-order valence-electron chi connectivity index (χ3n) is 7.89. The van der Waals surface area contributed by atoms with Gasteiger partial charge in [0.25, 0.3) is 0 Å². The van der Waals surface area contributed by atoms with E-state index in [4.69, 9.17) is 21.3 Å². The number of thiazole rings is 1. The molecule has 1 fully saturated rings. The Morgan fingerprint density at radius 1 is 0.956 bits per heavy atom. The predicted molar refractivity (Wildman–Crippen MR) is 183 cm³/mol. The van der Waals surface area contributed by atoms with Gasteiger partial charge in [0.05, 0.1) is 21.5 Å². The van der Waals surface area contributed by atoms with Crippen molar-refractivity contribution < 1.29 is 9.53 Å². The maximum Gasteiger partial charge on any atom is 0.225 e. The van der Waals surface area contributed by atoms with Crippen molar-refractivity contribution in [1.82, 2.24) is 24.8 Å². The van der Waals surface area contributed by atoms with Gasteiger partial charge in [-0.15, -0.1) is 11.3 Å². The van der Waals surface area contributed by atoms with Crippen molar-refractivity contribution in [2.24, 2.45) is 0 Å². The highest BCUT2D eigenvalue weighted by Gasteiger charge is 2.30. The lowest BCUT2D eigenvalue weighted by Gasteiger charge is -2.32. The molecule has 6 rings (SSSR count). The number of pyridine rings is 1. The Kier molecular flexibility index (Phi) is 8.72. The Labute approximate surface area is 273 Å². The van der Waals surface area contributed by atoms with Gasteiger partial charge in [-0.05, 0) is 83.1 Å². The summed E-state index contributed by atoms with van der Waals surface area (Å²) in [7, 11) is 2.13. The largest absolute Gasteiger partial charge is 0.360 e. The minimum atomic E-state index is -0.730. The van der Waals surface area contributed by atoms with Crippen molar-refractivity contribution in [3.63, 3.8) is 0 Å². The van der Waals surface area contributed by atoms with Crippen molar-refractivity contribution in [3.05, 3.63) is 77.2 Å². The molecule has 0 spiro atoms. The van der Waals surface area contributed by atoms with Crippen LogP contribution in [0.15, 0.2) is 61.1 Å². The number of carbonyl (C=O) groups excluding carboxylic acids is 1. The van der Waals surface area contributed by atoms with Gasteiger partial charge in [0.15, 0.2) is 5.78 Å². The monoisotopic (exact) mass is 640 g/mol. The number of carbonyl (C=O) groups is 1. The van der Waals surface area contributed by atoms with Gasteiger partial charge in [-0.25, -0.2) is 15.0 Å². The minimum absolute atomic E-state index is 0.0491. The van der Waals surface area contributed by atoms with Gasteiger partial charge in [0.1, 0.15) is 11.1 Å². The molecule has 0 radical (unpaired) electrons. The molecule has 1 aliphatic rings. The molecule has 45 heavy (non-hydrogen) atoms. The first-order valence-corrected chi connectivity index (χ1v) is 16.3. The maximum atomic E-state index is 13.1. The first-order valence-electron chi connectivity index (χ1n) is 15.1. The van der Waals surface area contributed by atoms with E-state index in [2.05, 4.69) is 37.9 Å². The second-order valence-corrected chi connectivity index (χ2v) is 14.0. The number of halogens is 1. The zero-order valence-electron chi connectivity index (χ0n) is 26.5. The van der Waals surface area contributed by atoms with Crippen LogP contribution in [-0.2, 0) is 9.53 Å². The molecular formula is C35H37ClN6O2S. The van der Waals surface area contributed by atoms with E-state index in [0.29, 0.717) is 5.02 Å². The summed E-state index contributed by atoms with van der Waals surface area (Å²) in [4.78, 5) is 36.6. The van der Waals surface area contributed by atoms with E-state index in [1.54, 1.807) is 24.5 Å². The van der Waals surface area contributed by atoms with Gasteiger partial charge >= 0.3 is 0 Å². The van der Waals surface area contributed by atoms with Crippen LogP contribution in [0.3, 0.4) is 0 Å². The van der Waals surface area contributed by atoms with Crippen molar-refractivity contribution in [2.45, 2.75) is 46.3 Å². The van der Waals surface area contributed by atoms with E-state index in [-0.39, 0.29) is 5.78 Å². The first kappa shape index (κ1) is 31.2. The number of hydrogen-bond acceptors (Lipinski definition) is 9. The van der Waals surface area contributed by atoms with Crippen LogP contribution in [-0.4, -0.2) is 69.4 Å². The molecule has 1 saturated heterocycles. The fraction of sp³-hybridized carbons (Fsp3) is 0.343. The first-order chi connectivity index (χ1) is 21.5. The molecule has 3 aromatic heterocycles. The molecule has 0 unspecified atom stereocenters. The van der Waals surface area contributed by atoms with E-state index >= 15 is 0 Å². The van der Waals surface area contributed by atoms with Crippen LogP contribution in [0.4, 0.5) is 5.95 Å². The quantitative estimate of drug-likeness (QED) is 0.179. The molecule has 8 nitrogen and oxygen atoms in total. The summed E-state index contributed by atoms with van der Waals surface area (Å²) in [5.41, 5.74) is 6.61. The molecule has 0 amide bonds. The molecule has 10 heteroatoms. The summed E-state index contributed by atoms with van der Waals surface area (Å²) in [6.45, 7) is 13.3. The van der Waals surface area contributed by atoms with Crippen LogP contribution in [0.2, 0.25) is 5.02 Å². The number of aromatic nitrogens is 4. The highest BCUT2D eigenvalue weighted by molar-refractivity contribution is 7.22. The Balaban J connectivity index is 1.42. The average molecular weight is 641 g/mol. The number of likely N-dealkylation sites (N-methyl/N-ethyl adjacent to an activating group) is 1. The van der Waals surface area contributed by atoms with Gasteiger partial charge in [0, 0.05) is 72.0 Å². The Hall–Kier alpha value is -3.76. The Morgan fingerprint density at radius 3 is 2.29 bits per heavy atom. The van der Waals surface area contributed by atoms with Crippen LogP contribution < -0.4 is 4.90 Å². The lowest BCUT2D eigenvalue weighted by atomic mass is 9.90. The topological polar surface area (TPSA) is 84.3 Å². The summed E-state index contributed by atoms with van der Waals surface area (Å²) >= 11 is 7.87. The van der Waals surface area contributed by atoms with Gasteiger partial charge in [-0.2, -0.15) is 0 Å². The minimum Gasteiger partial charge on any atom is -0.360 e. The van der Waals surface area contributed by atoms with Gasteiger partial charge in [0.2, 0.25) is 5.95 Å². The number of hydrogen-bond donors (Lipinski definition) is 0. The standard InChI is InChI=1S/C35H37ClN6O2S/c1-21-17-28-32(30(23-7-9-26(36)10-8-23)29(21)31(22(2)43)44-35(3,4)5)45-33(40-28)24-11-12-37-27(18-24)25-19-38-34(39-20-25)42-15-13-41(6)14-16-42/h7-12,17-20,31H,13-16H2,1-6H3/t31-/m1/s1. The predicted octanol–water partition coefficient (Wildman–Crippen LogP) is 7.64. The number of fused-ring (bicyclic) bond motifs is 1. The third-order valence-corrected chi connectivity index (χ3v) is 9.28. The van der Waals surface area contributed by atoms with E-state index in [1.165, 1.54) is 0 Å². The van der Waals surface area contributed by atoms with Crippen molar-refractivity contribution in [3.8, 4) is 33.0 Å². The number of ketones is 1. The summed E-state index contributed by atoms with van der Waals surface area (Å²) in [6.07, 6.45) is 4.75. The average Bonchev–Trinajstić information content (AvgIpc) is 3.44. The number of anilines is 1. The van der Waals surface area contributed by atoms with Crippen LogP contribution >= 0.6 is 22.9 Å². The van der Waals surface area contributed by atoms with Crippen LogP contribution in [0.25, 0.3) is 43.2 Å². The molecule has 4 heterocycles. The number of aryl methyl sites for hydroxylation is 1. The summed E-state index contributed by atoms with van der Waals surface area (Å²) in [5.74, 6) is 0.696. The lowest BCUT2D eigenvalue weighted by Crippen LogP contribution is -2.45. The fourth-order valence-corrected chi connectivity index (χ4v) is 6.87. The van der Waals surface area contributed by atoms with E-state index in [0.717, 1.165) is 86.4 Å². The van der Waals surface area contributed by atoms with Gasteiger partial charge in [-0.3, -0.25) is 9.78 Å². The van der Waals surface area contributed by atoms with E-state index < -0.39 is 11.7 Å². The highest BCUT2D eigenvalue weighted by Crippen LogP contribution is 2.44. The fourth-order valence-electron chi connectivity index (χ4n) is 5.62. The number of benzene rings is 2. The molecule has 2 aromatic carbocycles. The molecule has 1 aliphatic heterocycles. The van der Waals surface area contributed by atoms with Gasteiger partial charge < -0.3 is 14.5 Å². The van der Waals surface area contributed by atoms with Gasteiger partial charge in [-0.1, -0.05) is 23.7 Å². The molecule has 0 N–H and O–H groups in total. The van der Waals surface area contributed by atoms with Crippen molar-refractivity contribution in [2.75, 3.05) is 38.1 Å². The smallest absolute Gasteiger partial charge is 0.225 e. The molecule has 0 aliphatic carbocycles. The Morgan fingerprint density at radius 2 is 1.64 bits per heavy atom. The van der Waals surface area contributed by atoms with E-state index in [1.807, 2.05) is 76.5 Å². The summed E-state index contributed by atoms with van der Waals surface area (Å²) < 4.78 is 7.37. The van der Waals surface area contributed by atoms with Crippen LogP contribution in [0, 0.1) is 6.92 Å². The molecule has 0 bridgehead atoms. The molecule has 5 aromatic rings. The molecule has 0 saturated carbocycles. The molecule has 1 atom stereocenters. The Bertz CT molecular complexity index is 1840. The summed E-state index contributed by atoms with van der Waals surface area (Å²) in [5, 5.41) is 1.50. The number of ether oxygens (including phenoxy) is 1. The second-order valence-electron chi connectivity index (χ2n) is 12.6. The van der Waals surface area contributed by atoms with E-state index in [9.17, 15) is 4.79 Å². The van der Waals surface area contributed by atoms with Crippen LogP contribution in [0.5, 0.6) is 0 Å². The second kappa shape index (κ2) is 12.6. The highest BCUT2D eigenvalue weighted by atomic mass is 35.5. The lowest BCUT2D eigenvalue weighted by molar-refractivity contribution is -0.138.